The lowest BCUT2D eigenvalue weighted by molar-refractivity contribution is -0.142. The Hall–Kier alpha value is -2.93. The van der Waals surface area contributed by atoms with E-state index >= 15 is 0 Å². The first-order valence-corrected chi connectivity index (χ1v) is 7.28. The van der Waals surface area contributed by atoms with Crippen LogP contribution in [0.1, 0.15) is 22.9 Å². The number of carbonyl (C=O) groups is 2. The predicted octanol–water partition coefficient (Wildman–Crippen LogP) is 1.80. The number of alkyl carbamates (subject to hydrolysis) is 1. The van der Waals surface area contributed by atoms with Gasteiger partial charge in [0.2, 0.25) is 0 Å². The zero-order valence-corrected chi connectivity index (χ0v) is 13.0. The number of amides is 1. The Labute approximate surface area is 138 Å². The summed E-state index contributed by atoms with van der Waals surface area (Å²) >= 11 is 0. The average Bonchev–Trinajstić information content (AvgIpc) is 2.58. The molecule has 3 N–H and O–H groups in total. The van der Waals surface area contributed by atoms with Gasteiger partial charge in [-0.2, -0.15) is 0 Å². The molecule has 0 saturated carbocycles. The normalized spacial score (nSPS) is 12.9. The lowest BCUT2D eigenvalue weighted by Gasteiger charge is -2.21. The fourth-order valence-corrected chi connectivity index (χ4v) is 2.13. The Morgan fingerprint density at radius 2 is 1.92 bits per heavy atom. The molecule has 0 fully saturated rings. The highest BCUT2D eigenvalue weighted by Crippen LogP contribution is 2.18. The van der Waals surface area contributed by atoms with Crippen LogP contribution in [0.4, 0.5) is 4.79 Å². The minimum absolute atomic E-state index is 0.00226. The SMILES string of the molecule is Cc1cccnc1[C@@H](O)[C@H](NC(=O)OCc1ccccc1)C(=O)O. The van der Waals surface area contributed by atoms with Gasteiger partial charge in [0.15, 0.2) is 6.04 Å². The zero-order valence-electron chi connectivity index (χ0n) is 13.0. The van der Waals surface area contributed by atoms with Crippen molar-refractivity contribution in [1.29, 1.82) is 0 Å². The van der Waals surface area contributed by atoms with Gasteiger partial charge in [0.1, 0.15) is 12.7 Å². The van der Waals surface area contributed by atoms with Gasteiger partial charge < -0.3 is 20.3 Å². The smallest absolute Gasteiger partial charge is 0.408 e. The monoisotopic (exact) mass is 330 g/mol. The van der Waals surface area contributed by atoms with Crippen LogP contribution in [0.2, 0.25) is 0 Å². The molecule has 0 saturated heterocycles. The third-order valence-corrected chi connectivity index (χ3v) is 3.40. The van der Waals surface area contributed by atoms with Crippen molar-refractivity contribution in [3.8, 4) is 0 Å². The molecule has 0 spiro atoms. The lowest BCUT2D eigenvalue weighted by atomic mass is 10.0. The maximum Gasteiger partial charge on any atom is 0.408 e. The van der Waals surface area contributed by atoms with Gasteiger partial charge in [-0.25, -0.2) is 9.59 Å². The first-order chi connectivity index (χ1) is 11.5. The summed E-state index contributed by atoms with van der Waals surface area (Å²) in [6.07, 6.45) is -0.982. The highest BCUT2D eigenvalue weighted by atomic mass is 16.5. The Kier molecular flexibility index (Phi) is 5.86. The second kappa shape index (κ2) is 8.07. The summed E-state index contributed by atoms with van der Waals surface area (Å²) in [5.41, 5.74) is 1.57. The molecule has 0 aliphatic heterocycles. The predicted molar refractivity (Wildman–Crippen MR) is 85.1 cm³/mol. The van der Waals surface area contributed by atoms with E-state index in [9.17, 15) is 19.8 Å². The number of carboxylic acids is 1. The summed E-state index contributed by atoms with van der Waals surface area (Å²) in [5.74, 6) is -1.38. The number of aromatic nitrogens is 1. The lowest BCUT2D eigenvalue weighted by Crippen LogP contribution is -2.45. The molecule has 1 aromatic carbocycles. The van der Waals surface area contributed by atoms with E-state index < -0.39 is 24.2 Å². The molecule has 7 nitrogen and oxygen atoms in total. The number of benzene rings is 1. The van der Waals surface area contributed by atoms with Crippen molar-refractivity contribution in [2.24, 2.45) is 0 Å². The Bertz CT molecular complexity index is 705. The number of ether oxygens (including phenoxy) is 1. The molecule has 0 unspecified atom stereocenters. The van der Waals surface area contributed by atoms with Crippen molar-refractivity contribution < 1.29 is 24.5 Å². The number of aliphatic hydroxyl groups excluding tert-OH is 1. The van der Waals surface area contributed by atoms with Gasteiger partial charge in [0.25, 0.3) is 0 Å². The Morgan fingerprint density at radius 1 is 1.21 bits per heavy atom. The number of aryl methyl sites for hydroxylation is 1. The second-order valence-electron chi connectivity index (χ2n) is 5.17. The highest BCUT2D eigenvalue weighted by Gasteiger charge is 2.31. The van der Waals surface area contributed by atoms with E-state index in [1.165, 1.54) is 6.20 Å². The molecule has 0 bridgehead atoms. The van der Waals surface area contributed by atoms with Crippen LogP contribution in [0.3, 0.4) is 0 Å². The number of aliphatic hydroxyl groups is 1. The summed E-state index contributed by atoms with van der Waals surface area (Å²) in [7, 11) is 0. The van der Waals surface area contributed by atoms with Gasteiger partial charge in [0.05, 0.1) is 5.69 Å². The molecule has 2 rings (SSSR count). The third kappa shape index (κ3) is 4.53. The van der Waals surface area contributed by atoms with Crippen LogP contribution in [0.5, 0.6) is 0 Å². The maximum absolute atomic E-state index is 11.8. The van der Waals surface area contributed by atoms with Crippen molar-refractivity contribution in [2.75, 3.05) is 0 Å². The topological polar surface area (TPSA) is 109 Å². The van der Waals surface area contributed by atoms with E-state index in [-0.39, 0.29) is 12.3 Å². The van der Waals surface area contributed by atoms with E-state index in [0.29, 0.717) is 5.56 Å². The van der Waals surface area contributed by atoms with Crippen molar-refractivity contribution >= 4 is 12.1 Å². The maximum atomic E-state index is 11.8. The summed E-state index contributed by atoms with van der Waals surface area (Å²) in [5, 5.41) is 21.7. The summed E-state index contributed by atoms with van der Waals surface area (Å²) in [4.78, 5) is 27.2. The zero-order chi connectivity index (χ0) is 17.5. The summed E-state index contributed by atoms with van der Waals surface area (Å²) < 4.78 is 4.98. The molecule has 126 valence electrons. The number of hydrogen-bond acceptors (Lipinski definition) is 5. The number of hydrogen-bond donors (Lipinski definition) is 3. The summed E-state index contributed by atoms with van der Waals surface area (Å²) in [6, 6.07) is 10.8. The fourth-order valence-electron chi connectivity index (χ4n) is 2.13. The minimum atomic E-state index is -1.57. The molecule has 1 amide bonds. The molecular weight excluding hydrogens is 312 g/mol. The molecule has 2 atom stereocenters. The average molecular weight is 330 g/mol. The first kappa shape index (κ1) is 17.4. The molecule has 7 heteroatoms. The molecule has 2 aromatic rings. The third-order valence-electron chi connectivity index (χ3n) is 3.40. The van der Waals surface area contributed by atoms with Crippen LogP contribution in [0.15, 0.2) is 48.7 Å². The van der Waals surface area contributed by atoms with E-state index in [2.05, 4.69) is 10.3 Å². The first-order valence-electron chi connectivity index (χ1n) is 7.28. The number of carboxylic acid groups (broad SMARTS) is 1. The number of rotatable bonds is 6. The van der Waals surface area contributed by atoms with E-state index in [4.69, 9.17) is 4.74 Å². The number of nitrogens with one attached hydrogen (secondary N) is 1. The molecule has 0 aliphatic carbocycles. The van der Waals surface area contributed by atoms with Gasteiger partial charge in [-0.1, -0.05) is 36.4 Å². The number of aliphatic carboxylic acids is 1. The fraction of sp³-hybridized carbons (Fsp3) is 0.235. The van der Waals surface area contributed by atoms with E-state index in [0.717, 1.165) is 5.56 Å². The van der Waals surface area contributed by atoms with Gasteiger partial charge >= 0.3 is 12.1 Å². The van der Waals surface area contributed by atoms with Gasteiger partial charge in [-0.15, -0.1) is 0 Å². The van der Waals surface area contributed by atoms with Crippen LogP contribution < -0.4 is 5.32 Å². The standard InChI is InChI=1S/C17H18N2O5/c1-11-6-5-9-18-13(11)15(20)14(16(21)22)19-17(23)24-10-12-7-3-2-4-8-12/h2-9,14-15,20H,10H2,1H3,(H,19,23)(H,21,22)/t14-,15+/m0/s1. The van der Waals surface area contributed by atoms with Crippen LogP contribution >= 0.6 is 0 Å². The van der Waals surface area contributed by atoms with Crippen LogP contribution in [-0.2, 0) is 16.1 Å². The molecule has 1 heterocycles. The van der Waals surface area contributed by atoms with Crippen LogP contribution in [-0.4, -0.2) is 33.3 Å². The largest absolute Gasteiger partial charge is 0.480 e. The minimum Gasteiger partial charge on any atom is -0.480 e. The highest BCUT2D eigenvalue weighted by molar-refractivity contribution is 5.80. The van der Waals surface area contributed by atoms with E-state index in [1.54, 1.807) is 43.3 Å². The number of pyridine rings is 1. The molecular formula is C17H18N2O5. The van der Waals surface area contributed by atoms with Crippen molar-refractivity contribution in [3.63, 3.8) is 0 Å². The van der Waals surface area contributed by atoms with Gasteiger partial charge in [-0.05, 0) is 24.1 Å². The second-order valence-corrected chi connectivity index (χ2v) is 5.17. The van der Waals surface area contributed by atoms with Crippen molar-refractivity contribution in [1.82, 2.24) is 10.3 Å². The van der Waals surface area contributed by atoms with E-state index in [1.807, 2.05) is 6.07 Å². The Balaban J connectivity index is 2.01. The molecule has 1 aromatic heterocycles. The van der Waals surface area contributed by atoms with Gasteiger partial charge in [-0.3, -0.25) is 4.98 Å². The molecule has 24 heavy (non-hydrogen) atoms. The van der Waals surface area contributed by atoms with Gasteiger partial charge in [0, 0.05) is 6.20 Å². The number of nitrogens with zero attached hydrogens (tertiary/aromatic N) is 1. The molecule has 0 aliphatic rings. The summed E-state index contributed by atoms with van der Waals surface area (Å²) in [6.45, 7) is 1.69. The molecule has 0 radical (unpaired) electrons. The van der Waals surface area contributed by atoms with Crippen molar-refractivity contribution in [3.05, 3.63) is 65.5 Å². The number of carbonyl (C=O) groups excluding carboxylic acids is 1. The van der Waals surface area contributed by atoms with Crippen molar-refractivity contribution in [2.45, 2.75) is 25.7 Å². The van der Waals surface area contributed by atoms with Crippen LogP contribution in [0.25, 0.3) is 0 Å². The Morgan fingerprint density at radius 3 is 2.54 bits per heavy atom. The quantitative estimate of drug-likeness (QED) is 0.745. The van der Waals surface area contributed by atoms with Crippen LogP contribution in [0, 0.1) is 6.92 Å².